The highest BCUT2D eigenvalue weighted by Gasteiger charge is 2.25. The highest BCUT2D eigenvalue weighted by atomic mass is 35.5. The molecule has 0 saturated heterocycles. The molecule has 2 heterocycles. The molecular formula is C22H13ClN6O5S. The Hall–Kier alpha value is -4.42. The number of non-ortho nitro benzene ring substituents is 1. The average Bonchev–Trinajstić information content (AvgIpc) is 3.50. The number of halogens is 1. The van der Waals surface area contributed by atoms with Gasteiger partial charge >= 0.3 is 0 Å². The minimum Gasteiger partial charge on any atom is -0.418 e. The van der Waals surface area contributed by atoms with E-state index in [1.54, 1.807) is 12.1 Å². The third-order valence-corrected chi connectivity index (χ3v) is 6.36. The number of thiazole rings is 1. The molecule has 2 aromatic heterocycles. The number of hydrogen-bond acceptors (Lipinski definition) is 10. The van der Waals surface area contributed by atoms with Crippen LogP contribution in [0.2, 0.25) is 5.02 Å². The second kappa shape index (κ2) is 9.08. The Morgan fingerprint density at radius 3 is 2.46 bits per heavy atom. The monoisotopic (exact) mass is 508 g/mol. The van der Waals surface area contributed by atoms with Crippen molar-refractivity contribution in [1.29, 1.82) is 0 Å². The molecule has 0 spiro atoms. The molecule has 11 nitrogen and oxygen atoms in total. The van der Waals surface area contributed by atoms with Gasteiger partial charge in [0.2, 0.25) is 11.8 Å². The van der Waals surface area contributed by atoms with Crippen LogP contribution >= 0.6 is 22.9 Å². The second-order valence-corrected chi connectivity index (χ2v) is 8.72. The summed E-state index contributed by atoms with van der Waals surface area (Å²) in [5.41, 5.74) is 1.40. The van der Waals surface area contributed by atoms with Crippen LogP contribution < -0.4 is 5.32 Å². The maximum Gasteiger partial charge on any atom is 0.288 e. The summed E-state index contributed by atoms with van der Waals surface area (Å²) in [6.07, 6.45) is 0. The SMILES string of the molecule is O=[N+]([O-])c1ccc(C(Nc2nc3ccccc3s2)c2nnc(-c3ccc(Cl)c([N+](=O)[O-])c3)o2)cc1. The Morgan fingerprint density at radius 1 is 0.971 bits per heavy atom. The fourth-order valence-electron chi connectivity index (χ4n) is 3.39. The van der Waals surface area contributed by atoms with Crippen LogP contribution in [0, 0.1) is 20.2 Å². The van der Waals surface area contributed by atoms with Crippen LogP contribution in [-0.4, -0.2) is 25.0 Å². The number of rotatable bonds is 7. The van der Waals surface area contributed by atoms with Crippen molar-refractivity contribution in [3.05, 3.63) is 103 Å². The van der Waals surface area contributed by atoms with Crippen LogP contribution in [0.15, 0.2) is 71.1 Å². The highest BCUT2D eigenvalue weighted by molar-refractivity contribution is 7.22. The van der Waals surface area contributed by atoms with Gasteiger partial charge in [-0.15, -0.1) is 10.2 Å². The van der Waals surface area contributed by atoms with Crippen molar-refractivity contribution in [2.24, 2.45) is 0 Å². The van der Waals surface area contributed by atoms with E-state index < -0.39 is 15.9 Å². The molecule has 1 N–H and O–H groups in total. The van der Waals surface area contributed by atoms with Gasteiger partial charge in [-0.3, -0.25) is 20.2 Å². The van der Waals surface area contributed by atoms with Gasteiger partial charge in [-0.1, -0.05) is 35.1 Å². The van der Waals surface area contributed by atoms with Gasteiger partial charge in [0.15, 0.2) is 5.13 Å². The predicted molar refractivity (Wildman–Crippen MR) is 130 cm³/mol. The van der Waals surface area contributed by atoms with E-state index in [0.29, 0.717) is 16.3 Å². The molecule has 1 atom stereocenters. The highest BCUT2D eigenvalue weighted by Crippen LogP contribution is 2.34. The number of aromatic nitrogens is 3. The molecule has 0 amide bonds. The number of nitro benzene ring substituents is 2. The topological polar surface area (TPSA) is 150 Å². The maximum absolute atomic E-state index is 11.2. The van der Waals surface area contributed by atoms with Crippen molar-refractivity contribution in [2.45, 2.75) is 6.04 Å². The zero-order valence-electron chi connectivity index (χ0n) is 17.5. The normalized spacial score (nSPS) is 11.9. The smallest absolute Gasteiger partial charge is 0.288 e. The molecular weight excluding hydrogens is 496 g/mol. The van der Waals surface area contributed by atoms with Gasteiger partial charge in [-0.05, 0) is 42.0 Å². The van der Waals surface area contributed by atoms with Crippen molar-refractivity contribution in [3.63, 3.8) is 0 Å². The second-order valence-electron chi connectivity index (χ2n) is 7.28. The fourth-order valence-corrected chi connectivity index (χ4v) is 4.47. The molecule has 3 aromatic carbocycles. The molecule has 174 valence electrons. The Bertz CT molecular complexity index is 1540. The summed E-state index contributed by atoms with van der Waals surface area (Å²) in [6, 6.07) is 17.0. The van der Waals surface area contributed by atoms with Gasteiger partial charge in [0, 0.05) is 23.8 Å². The number of benzene rings is 3. The third-order valence-electron chi connectivity index (χ3n) is 5.08. The van der Waals surface area contributed by atoms with E-state index in [9.17, 15) is 20.2 Å². The first kappa shape index (κ1) is 22.4. The Labute approximate surface area is 205 Å². The number of anilines is 1. The number of hydrogen-bond donors (Lipinski definition) is 1. The number of nitrogens with zero attached hydrogens (tertiary/aromatic N) is 5. The average molecular weight is 509 g/mol. The van der Waals surface area contributed by atoms with E-state index in [1.807, 2.05) is 24.3 Å². The van der Waals surface area contributed by atoms with Gasteiger partial charge in [-0.2, -0.15) is 0 Å². The maximum atomic E-state index is 11.2. The van der Waals surface area contributed by atoms with E-state index in [-0.39, 0.29) is 28.2 Å². The number of nitrogens with one attached hydrogen (secondary N) is 1. The molecule has 0 aliphatic rings. The lowest BCUT2D eigenvalue weighted by molar-refractivity contribution is -0.385. The zero-order chi connectivity index (χ0) is 24.5. The molecule has 0 bridgehead atoms. The first-order chi connectivity index (χ1) is 16.9. The van der Waals surface area contributed by atoms with E-state index >= 15 is 0 Å². The van der Waals surface area contributed by atoms with Crippen molar-refractivity contribution < 1.29 is 14.3 Å². The fraction of sp³-hybridized carbons (Fsp3) is 0.0455. The third kappa shape index (κ3) is 4.52. The first-order valence-corrected chi connectivity index (χ1v) is 11.2. The number of nitro groups is 2. The molecule has 35 heavy (non-hydrogen) atoms. The molecule has 1 unspecified atom stereocenters. The molecule has 0 aliphatic carbocycles. The van der Waals surface area contributed by atoms with E-state index in [4.69, 9.17) is 16.0 Å². The standard InChI is InChI=1S/C22H13ClN6O5S/c23-15-10-7-13(11-17(15)29(32)33)20-26-27-21(34-20)19(12-5-8-14(9-6-12)28(30)31)25-22-24-16-3-1-2-4-18(16)35-22/h1-11,19H,(H,24,25). The van der Waals surface area contributed by atoms with E-state index in [0.717, 1.165) is 10.2 Å². The lowest BCUT2D eigenvalue weighted by Gasteiger charge is -2.14. The Balaban J connectivity index is 1.54. The van der Waals surface area contributed by atoms with Gasteiger partial charge in [-0.25, -0.2) is 4.98 Å². The van der Waals surface area contributed by atoms with Gasteiger partial charge in [0.1, 0.15) is 11.1 Å². The zero-order valence-corrected chi connectivity index (χ0v) is 19.1. The lowest BCUT2D eigenvalue weighted by Crippen LogP contribution is -2.12. The minimum atomic E-state index is -0.695. The summed E-state index contributed by atoms with van der Waals surface area (Å²) in [5, 5.41) is 34.3. The van der Waals surface area contributed by atoms with Crippen LogP contribution in [0.4, 0.5) is 16.5 Å². The summed E-state index contributed by atoms with van der Waals surface area (Å²) < 4.78 is 6.85. The largest absolute Gasteiger partial charge is 0.418 e. The summed E-state index contributed by atoms with van der Waals surface area (Å²) >= 11 is 7.32. The van der Waals surface area contributed by atoms with Crippen LogP contribution in [0.3, 0.4) is 0 Å². The minimum absolute atomic E-state index is 0.0141. The van der Waals surface area contributed by atoms with Gasteiger partial charge in [0.05, 0.1) is 20.1 Å². The van der Waals surface area contributed by atoms with Crippen molar-refractivity contribution in [1.82, 2.24) is 15.2 Å². The summed E-state index contributed by atoms with van der Waals surface area (Å²) in [6.45, 7) is 0. The summed E-state index contributed by atoms with van der Waals surface area (Å²) in [4.78, 5) is 25.8. The van der Waals surface area contributed by atoms with Crippen molar-refractivity contribution in [3.8, 4) is 11.5 Å². The molecule has 0 radical (unpaired) electrons. The molecule has 0 fully saturated rings. The first-order valence-electron chi connectivity index (χ1n) is 10.0. The van der Waals surface area contributed by atoms with Gasteiger partial charge in [0.25, 0.3) is 11.4 Å². The number of para-hydroxylation sites is 1. The lowest BCUT2D eigenvalue weighted by atomic mass is 10.1. The quantitative estimate of drug-likeness (QED) is 0.205. The van der Waals surface area contributed by atoms with Crippen molar-refractivity contribution in [2.75, 3.05) is 5.32 Å². The van der Waals surface area contributed by atoms with Crippen LogP contribution in [-0.2, 0) is 0 Å². The molecule has 13 heteroatoms. The summed E-state index contributed by atoms with van der Waals surface area (Å²) in [7, 11) is 0. The number of fused-ring (bicyclic) bond motifs is 1. The summed E-state index contributed by atoms with van der Waals surface area (Å²) in [5.74, 6) is 0.198. The van der Waals surface area contributed by atoms with Gasteiger partial charge < -0.3 is 9.73 Å². The van der Waals surface area contributed by atoms with E-state index in [1.165, 1.54) is 41.7 Å². The van der Waals surface area contributed by atoms with Crippen LogP contribution in [0.25, 0.3) is 21.7 Å². The Kier molecular flexibility index (Phi) is 5.81. The van der Waals surface area contributed by atoms with Crippen molar-refractivity contribution >= 4 is 49.7 Å². The Morgan fingerprint density at radius 2 is 1.74 bits per heavy atom. The molecule has 5 rings (SSSR count). The predicted octanol–water partition coefficient (Wildman–Crippen LogP) is 6.02. The molecule has 5 aromatic rings. The van der Waals surface area contributed by atoms with Crippen LogP contribution in [0.5, 0.6) is 0 Å². The van der Waals surface area contributed by atoms with E-state index in [2.05, 4.69) is 20.5 Å². The molecule has 0 saturated carbocycles. The molecule has 0 aliphatic heterocycles. The van der Waals surface area contributed by atoms with Crippen LogP contribution in [0.1, 0.15) is 17.5 Å².